The van der Waals surface area contributed by atoms with Gasteiger partial charge in [0.2, 0.25) is 5.91 Å². The first-order valence-corrected chi connectivity index (χ1v) is 12.5. The Balaban J connectivity index is 1.41. The van der Waals surface area contributed by atoms with Crippen molar-refractivity contribution in [3.05, 3.63) is 0 Å². The third-order valence-electron chi connectivity index (χ3n) is 8.48. The monoisotopic (exact) mass is 422 g/mol. The lowest BCUT2D eigenvalue weighted by atomic mass is 9.71. The van der Waals surface area contributed by atoms with Crippen LogP contribution in [0.4, 0.5) is 0 Å². The third kappa shape index (κ3) is 5.03. The number of hydrogen-bond donors (Lipinski definition) is 3. The van der Waals surface area contributed by atoms with Gasteiger partial charge in [-0.2, -0.15) is 0 Å². The zero-order valence-electron chi connectivity index (χ0n) is 18.7. The molecule has 1 aliphatic heterocycles. The van der Waals surface area contributed by atoms with Crippen molar-refractivity contribution in [2.45, 2.75) is 95.0 Å². The SMILES string of the molecule is CNC1CCCC2CCN(C(=O)C3C(O)CC(O)CC3OCC3CCCCC3)CC21. The van der Waals surface area contributed by atoms with Crippen LogP contribution in [0.15, 0.2) is 0 Å². The minimum atomic E-state index is -0.818. The number of carbonyl (C=O) groups is 1. The van der Waals surface area contributed by atoms with Gasteiger partial charge in [0.25, 0.3) is 0 Å². The van der Waals surface area contributed by atoms with Gasteiger partial charge < -0.3 is 25.2 Å². The maximum atomic E-state index is 13.6. The van der Waals surface area contributed by atoms with Gasteiger partial charge in [0.15, 0.2) is 0 Å². The van der Waals surface area contributed by atoms with Crippen LogP contribution >= 0.6 is 0 Å². The van der Waals surface area contributed by atoms with Crippen molar-refractivity contribution >= 4 is 5.91 Å². The minimum Gasteiger partial charge on any atom is -0.393 e. The van der Waals surface area contributed by atoms with E-state index in [0.717, 1.165) is 19.5 Å². The predicted molar refractivity (Wildman–Crippen MR) is 116 cm³/mol. The molecule has 1 amide bonds. The second-order valence-electron chi connectivity index (χ2n) is 10.4. The molecule has 3 aliphatic carbocycles. The van der Waals surface area contributed by atoms with Crippen LogP contribution in [0.1, 0.15) is 70.6 Å². The molecular weight excluding hydrogens is 380 g/mol. The average Bonchev–Trinajstić information content (AvgIpc) is 2.77. The van der Waals surface area contributed by atoms with Gasteiger partial charge >= 0.3 is 0 Å². The molecule has 6 heteroatoms. The standard InChI is InChI=1S/C24H42N2O4/c1-25-20-9-5-8-17-10-11-26(14-19(17)20)24(29)23-21(28)12-18(27)13-22(23)30-15-16-6-3-2-4-7-16/h16-23,25,27-28H,2-15H2,1H3. The summed E-state index contributed by atoms with van der Waals surface area (Å²) in [7, 11) is 2.04. The number of likely N-dealkylation sites (tertiary alicyclic amines) is 1. The molecule has 3 N–H and O–H groups in total. The Morgan fingerprint density at radius 3 is 2.60 bits per heavy atom. The summed E-state index contributed by atoms with van der Waals surface area (Å²) in [5, 5.41) is 24.5. The highest BCUT2D eigenvalue weighted by atomic mass is 16.5. The normalized spacial score (nSPS) is 40.8. The van der Waals surface area contributed by atoms with Gasteiger partial charge in [-0.05, 0) is 56.9 Å². The van der Waals surface area contributed by atoms with Gasteiger partial charge in [-0.15, -0.1) is 0 Å². The van der Waals surface area contributed by atoms with Crippen molar-refractivity contribution in [2.75, 3.05) is 26.7 Å². The second-order valence-corrected chi connectivity index (χ2v) is 10.4. The van der Waals surface area contributed by atoms with Crippen molar-refractivity contribution in [1.82, 2.24) is 10.2 Å². The smallest absolute Gasteiger partial charge is 0.230 e. The van der Waals surface area contributed by atoms with E-state index in [1.807, 2.05) is 11.9 Å². The maximum Gasteiger partial charge on any atom is 0.230 e. The molecule has 7 atom stereocenters. The Kier molecular flexibility index (Phi) is 7.71. The summed E-state index contributed by atoms with van der Waals surface area (Å²) in [5.74, 6) is 1.28. The zero-order valence-corrected chi connectivity index (χ0v) is 18.7. The molecule has 4 fully saturated rings. The van der Waals surface area contributed by atoms with E-state index in [4.69, 9.17) is 4.74 Å². The number of hydrogen-bond acceptors (Lipinski definition) is 5. The number of amides is 1. The number of piperidine rings is 1. The van der Waals surface area contributed by atoms with Crippen LogP contribution in [0.5, 0.6) is 0 Å². The number of aliphatic hydroxyl groups is 2. The summed E-state index contributed by atoms with van der Waals surface area (Å²) in [6, 6.07) is 0.482. The summed E-state index contributed by atoms with van der Waals surface area (Å²) < 4.78 is 6.26. The predicted octanol–water partition coefficient (Wildman–Crippen LogP) is 2.32. The molecule has 1 saturated heterocycles. The van der Waals surface area contributed by atoms with Gasteiger partial charge in [-0.3, -0.25) is 4.79 Å². The molecule has 30 heavy (non-hydrogen) atoms. The molecule has 172 valence electrons. The molecule has 0 aromatic carbocycles. The topological polar surface area (TPSA) is 82.0 Å². The van der Waals surface area contributed by atoms with E-state index in [-0.39, 0.29) is 18.4 Å². The summed E-state index contributed by atoms with van der Waals surface area (Å²) in [6.07, 6.45) is 9.97. The number of carbonyl (C=O) groups excluding carboxylic acids is 1. The Labute approximate surface area is 181 Å². The van der Waals surface area contributed by atoms with Crippen LogP contribution in [0.25, 0.3) is 0 Å². The first-order chi connectivity index (χ1) is 14.6. The van der Waals surface area contributed by atoms with Gasteiger partial charge in [0.05, 0.1) is 24.2 Å². The Bertz CT molecular complexity index is 561. The van der Waals surface area contributed by atoms with Crippen LogP contribution < -0.4 is 5.32 Å². The molecule has 0 radical (unpaired) electrons. The number of rotatable bonds is 5. The largest absolute Gasteiger partial charge is 0.393 e. The molecule has 0 spiro atoms. The lowest BCUT2D eigenvalue weighted by molar-refractivity contribution is -0.162. The molecule has 4 rings (SSSR count). The van der Waals surface area contributed by atoms with Crippen molar-refractivity contribution < 1.29 is 19.7 Å². The highest BCUT2D eigenvalue weighted by molar-refractivity contribution is 5.80. The van der Waals surface area contributed by atoms with E-state index in [9.17, 15) is 15.0 Å². The quantitative estimate of drug-likeness (QED) is 0.633. The lowest BCUT2D eigenvalue weighted by Gasteiger charge is -2.47. The molecule has 1 heterocycles. The summed E-state index contributed by atoms with van der Waals surface area (Å²) in [5.41, 5.74) is 0. The Morgan fingerprint density at radius 1 is 1.03 bits per heavy atom. The van der Waals surface area contributed by atoms with Gasteiger partial charge in [0.1, 0.15) is 0 Å². The molecule has 0 aromatic heterocycles. The van der Waals surface area contributed by atoms with E-state index < -0.39 is 18.1 Å². The second kappa shape index (κ2) is 10.3. The molecule has 3 saturated carbocycles. The van der Waals surface area contributed by atoms with Crippen LogP contribution in [0, 0.1) is 23.7 Å². The fraction of sp³-hybridized carbons (Fsp3) is 0.958. The summed E-state index contributed by atoms with van der Waals surface area (Å²) in [6.45, 7) is 2.23. The van der Waals surface area contributed by atoms with E-state index in [1.165, 1.54) is 51.4 Å². The summed E-state index contributed by atoms with van der Waals surface area (Å²) >= 11 is 0. The number of aliphatic hydroxyl groups excluding tert-OH is 2. The Hall–Kier alpha value is -0.690. The van der Waals surface area contributed by atoms with Crippen LogP contribution in [-0.2, 0) is 9.53 Å². The van der Waals surface area contributed by atoms with Crippen molar-refractivity contribution in [3.63, 3.8) is 0 Å². The van der Waals surface area contributed by atoms with Gasteiger partial charge in [0, 0.05) is 38.6 Å². The highest BCUT2D eigenvalue weighted by Crippen LogP contribution is 2.38. The molecule has 0 aromatic rings. The highest BCUT2D eigenvalue weighted by Gasteiger charge is 2.46. The number of nitrogens with zero attached hydrogens (tertiary/aromatic N) is 1. The van der Waals surface area contributed by atoms with E-state index in [1.54, 1.807) is 0 Å². The summed E-state index contributed by atoms with van der Waals surface area (Å²) in [4.78, 5) is 15.6. The van der Waals surface area contributed by atoms with E-state index in [2.05, 4.69) is 5.32 Å². The zero-order chi connectivity index (χ0) is 21.1. The van der Waals surface area contributed by atoms with Gasteiger partial charge in [-0.1, -0.05) is 25.7 Å². The Morgan fingerprint density at radius 2 is 1.83 bits per heavy atom. The van der Waals surface area contributed by atoms with E-state index in [0.29, 0.717) is 36.8 Å². The van der Waals surface area contributed by atoms with Crippen molar-refractivity contribution in [3.8, 4) is 0 Å². The average molecular weight is 423 g/mol. The maximum absolute atomic E-state index is 13.6. The first-order valence-electron chi connectivity index (χ1n) is 12.5. The van der Waals surface area contributed by atoms with E-state index >= 15 is 0 Å². The third-order valence-corrected chi connectivity index (χ3v) is 8.48. The molecule has 7 unspecified atom stereocenters. The molecule has 4 aliphatic rings. The number of fused-ring (bicyclic) bond motifs is 1. The van der Waals surface area contributed by atoms with Crippen molar-refractivity contribution in [1.29, 1.82) is 0 Å². The number of ether oxygens (including phenoxy) is 1. The molecule has 0 bridgehead atoms. The fourth-order valence-corrected chi connectivity index (χ4v) is 6.72. The lowest BCUT2D eigenvalue weighted by Crippen LogP contribution is -2.57. The fourth-order valence-electron chi connectivity index (χ4n) is 6.72. The van der Waals surface area contributed by atoms with Gasteiger partial charge in [-0.25, -0.2) is 0 Å². The van der Waals surface area contributed by atoms with Crippen LogP contribution in [0.2, 0.25) is 0 Å². The van der Waals surface area contributed by atoms with Crippen LogP contribution in [0.3, 0.4) is 0 Å². The minimum absolute atomic E-state index is 0.0434. The molecular formula is C24H42N2O4. The van der Waals surface area contributed by atoms with Crippen molar-refractivity contribution in [2.24, 2.45) is 23.7 Å². The first kappa shape index (κ1) is 22.5. The van der Waals surface area contributed by atoms with Crippen LogP contribution in [-0.4, -0.2) is 72.1 Å². The number of nitrogens with one attached hydrogen (secondary N) is 1. The molecule has 6 nitrogen and oxygen atoms in total.